The lowest BCUT2D eigenvalue weighted by molar-refractivity contribution is 0.149. The molecule has 2 atom stereocenters. The fourth-order valence-corrected chi connectivity index (χ4v) is 10.0. The smallest absolute Gasteiger partial charge is 0.201 e. The zero-order chi connectivity index (χ0) is 16.2. The fourth-order valence-electron chi connectivity index (χ4n) is 4.46. The van der Waals surface area contributed by atoms with Crippen molar-refractivity contribution in [2.75, 3.05) is 6.61 Å². The van der Waals surface area contributed by atoms with Crippen molar-refractivity contribution in [1.29, 1.82) is 0 Å². The molecule has 0 radical (unpaired) electrons. The molecule has 0 amide bonds. The van der Waals surface area contributed by atoms with Crippen molar-refractivity contribution in [3.05, 3.63) is 12.2 Å². The minimum Gasteiger partial charge on any atom is -0.409 e. The first-order chi connectivity index (χ1) is 9.77. The number of rotatable bonds is 7. The zero-order valence-electron chi connectivity index (χ0n) is 15.0. The predicted octanol–water partition coefficient (Wildman–Crippen LogP) is 5.29. The molecule has 0 aromatic heterocycles. The predicted molar refractivity (Wildman–Crippen MR) is 94.1 cm³/mol. The Hall–Kier alpha value is -0.123. The van der Waals surface area contributed by atoms with Crippen molar-refractivity contribution < 1.29 is 9.53 Å². The topological polar surface area (TPSA) is 29.5 Å². The highest BCUT2D eigenvalue weighted by Crippen LogP contribution is 2.45. The molecule has 0 aliphatic heterocycles. The van der Waals surface area contributed by atoms with Crippen LogP contribution in [0, 0.1) is 5.92 Å². The van der Waals surface area contributed by atoms with Crippen LogP contribution in [-0.2, 0) is 4.43 Å². The summed E-state index contributed by atoms with van der Waals surface area (Å²) in [5.74, 6) is 0.451. The fraction of sp³-hybridized carbons (Fsp3) is 0.889. The van der Waals surface area contributed by atoms with Crippen molar-refractivity contribution in [3.8, 4) is 0 Å². The molecule has 0 heterocycles. The van der Waals surface area contributed by atoms with Crippen molar-refractivity contribution in [3.63, 3.8) is 0 Å². The normalized spacial score (nSPS) is 24.4. The first kappa shape index (κ1) is 18.9. The van der Waals surface area contributed by atoms with Gasteiger partial charge in [0.2, 0.25) is 8.32 Å². The summed E-state index contributed by atoms with van der Waals surface area (Å²) in [6, 6.07) is 0. The van der Waals surface area contributed by atoms with E-state index < -0.39 is 8.32 Å². The third kappa shape index (κ3) is 3.99. The molecule has 1 aliphatic rings. The minimum absolute atomic E-state index is 0.217. The molecule has 1 saturated carbocycles. The Bertz CT molecular complexity index is 312. The summed E-state index contributed by atoms with van der Waals surface area (Å²) in [5.41, 5.74) is 3.09. The van der Waals surface area contributed by atoms with Gasteiger partial charge in [-0.25, -0.2) is 0 Å². The highest BCUT2D eigenvalue weighted by Gasteiger charge is 2.47. The summed E-state index contributed by atoms with van der Waals surface area (Å²) < 4.78 is 6.91. The van der Waals surface area contributed by atoms with E-state index in [1.165, 1.54) is 18.4 Å². The van der Waals surface area contributed by atoms with Crippen LogP contribution < -0.4 is 0 Å². The molecule has 3 heteroatoms. The Kier molecular flexibility index (Phi) is 7.15. The maximum atomic E-state index is 9.25. The van der Waals surface area contributed by atoms with E-state index in [0.29, 0.717) is 22.5 Å². The van der Waals surface area contributed by atoms with Gasteiger partial charge in [0.25, 0.3) is 0 Å². The van der Waals surface area contributed by atoms with Gasteiger partial charge >= 0.3 is 0 Å². The Labute approximate surface area is 133 Å². The second-order valence-electron chi connectivity index (χ2n) is 7.64. The second-order valence-corrected chi connectivity index (χ2v) is 13.0. The van der Waals surface area contributed by atoms with E-state index in [9.17, 15) is 5.11 Å². The van der Waals surface area contributed by atoms with Gasteiger partial charge in [0.1, 0.15) is 0 Å². The third-order valence-electron chi connectivity index (χ3n) is 5.49. The quantitative estimate of drug-likeness (QED) is 0.511. The average Bonchev–Trinajstić information content (AvgIpc) is 2.38. The summed E-state index contributed by atoms with van der Waals surface area (Å²) >= 11 is 0. The van der Waals surface area contributed by atoms with E-state index >= 15 is 0 Å². The van der Waals surface area contributed by atoms with Gasteiger partial charge in [0, 0.05) is 6.61 Å². The van der Waals surface area contributed by atoms with Gasteiger partial charge in [-0.2, -0.15) is 0 Å². The van der Waals surface area contributed by atoms with Crippen molar-refractivity contribution >= 4 is 8.32 Å². The Morgan fingerprint density at radius 3 is 2.05 bits per heavy atom. The van der Waals surface area contributed by atoms with Crippen molar-refractivity contribution in [1.82, 2.24) is 0 Å². The molecule has 1 aliphatic carbocycles. The van der Waals surface area contributed by atoms with Crippen LogP contribution in [0.25, 0.3) is 0 Å². The molecule has 1 fully saturated rings. The maximum absolute atomic E-state index is 9.25. The second kappa shape index (κ2) is 7.93. The summed E-state index contributed by atoms with van der Waals surface area (Å²) in [4.78, 5) is 0. The number of aliphatic hydroxyl groups excluding tert-OH is 1. The van der Waals surface area contributed by atoms with E-state index in [2.05, 4.69) is 48.1 Å². The lowest BCUT2D eigenvalue weighted by Gasteiger charge is -2.46. The highest BCUT2D eigenvalue weighted by atomic mass is 28.4. The summed E-state index contributed by atoms with van der Waals surface area (Å²) in [6.07, 6.45) is 4.54. The van der Waals surface area contributed by atoms with Crippen LogP contribution in [0.2, 0.25) is 16.6 Å². The standard InChI is InChI=1S/C18H36O2Si/c1-13(2)21(14(3)4,15(5)6)20-18-10-8-9-17(11-12-19)16(18)7/h13-15,17-19H,7-12H2,1-6H3/t17-,18+/m0/s1. The van der Waals surface area contributed by atoms with Crippen LogP contribution >= 0.6 is 0 Å². The Balaban J connectivity index is 2.95. The van der Waals surface area contributed by atoms with Gasteiger partial charge < -0.3 is 9.53 Å². The van der Waals surface area contributed by atoms with Crippen LogP contribution in [0.3, 0.4) is 0 Å². The minimum atomic E-state index is -1.83. The molecule has 1 rings (SSSR count). The molecular formula is C18H36O2Si. The number of hydrogen-bond donors (Lipinski definition) is 1. The Morgan fingerprint density at radius 1 is 1.10 bits per heavy atom. The van der Waals surface area contributed by atoms with E-state index in [1.54, 1.807) is 0 Å². The molecule has 1 N–H and O–H groups in total. The first-order valence-electron chi connectivity index (χ1n) is 8.74. The van der Waals surface area contributed by atoms with Crippen molar-refractivity contribution in [2.45, 2.75) is 90.0 Å². The summed E-state index contributed by atoms with van der Waals surface area (Å²) in [5, 5.41) is 9.25. The van der Waals surface area contributed by atoms with E-state index in [0.717, 1.165) is 12.8 Å². The molecule has 0 aromatic rings. The lowest BCUT2D eigenvalue weighted by Crippen LogP contribution is -2.51. The van der Waals surface area contributed by atoms with Gasteiger partial charge in [-0.3, -0.25) is 0 Å². The van der Waals surface area contributed by atoms with E-state index in [1.807, 2.05) is 0 Å². The largest absolute Gasteiger partial charge is 0.409 e. The van der Waals surface area contributed by atoms with Crippen LogP contribution in [0.4, 0.5) is 0 Å². The molecule has 21 heavy (non-hydrogen) atoms. The number of hydrogen-bond acceptors (Lipinski definition) is 2. The molecule has 0 aromatic carbocycles. The highest BCUT2D eigenvalue weighted by molar-refractivity contribution is 6.77. The van der Waals surface area contributed by atoms with Gasteiger partial charge in [-0.1, -0.05) is 48.1 Å². The summed E-state index contributed by atoms with van der Waals surface area (Å²) in [7, 11) is -1.83. The molecule has 0 spiro atoms. The maximum Gasteiger partial charge on any atom is 0.201 e. The van der Waals surface area contributed by atoms with Crippen LogP contribution in [-0.4, -0.2) is 26.1 Å². The number of aliphatic hydroxyl groups is 1. The van der Waals surface area contributed by atoms with Crippen molar-refractivity contribution in [2.24, 2.45) is 5.92 Å². The van der Waals surface area contributed by atoms with Gasteiger partial charge in [-0.15, -0.1) is 0 Å². The zero-order valence-corrected chi connectivity index (χ0v) is 16.0. The molecular weight excluding hydrogens is 276 g/mol. The first-order valence-corrected chi connectivity index (χ1v) is 10.9. The molecule has 0 bridgehead atoms. The van der Waals surface area contributed by atoms with E-state index in [-0.39, 0.29) is 12.7 Å². The monoisotopic (exact) mass is 312 g/mol. The lowest BCUT2D eigenvalue weighted by atomic mass is 9.81. The molecule has 0 saturated heterocycles. The van der Waals surface area contributed by atoms with Gasteiger partial charge in [0.05, 0.1) is 6.10 Å². The van der Waals surface area contributed by atoms with Crippen LogP contribution in [0.5, 0.6) is 0 Å². The van der Waals surface area contributed by atoms with Crippen LogP contribution in [0.15, 0.2) is 12.2 Å². The SMILES string of the molecule is C=C1[C@H](CCO)CCC[C@H]1O[Si](C(C)C)(C(C)C)C(C)C. The summed E-state index contributed by atoms with van der Waals surface area (Å²) in [6.45, 7) is 18.6. The molecule has 124 valence electrons. The molecule has 2 nitrogen and oxygen atoms in total. The average molecular weight is 313 g/mol. The van der Waals surface area contributed by atoms with Gasteiger partial charge in [0.15, 0.2) is 0 Å². The van der Waals surface area contributed by atoms with Crippen LogP contribution in [0.1, 0.15) is 67.2 Å². The van der Waals surface area contributed by atoms with Gasteiger partial charge in [-0.05, 0) is 53.8 Å². The molecule has 0 unspecified atom stereocenters. The van der Waals surface area contributed by atoms with E-state index in [4.69, 9.17) is 4.43 Å². The Morgan fingerprint density at radius 2 is 1.62 bits per heavy atom. The third-order valence-corrected chi connectivity index (χ3v) is 11.6.